The second-order valence-electron chi connectivity index (χ2n) is 8.05. The Hall–Kier alpha value is -3.56. The van der Waals surface area contributed by atoms with Crippen LogP contribution < -0.4 is 0 Å². The van der Waals surface area contributed by atoms with Gasteiger partial charge in [0.15, 0.2) is 11.6 Å². The molecule has 8 nitrogen and oxygen atoms in total. The zero-order valence-electron chi connectivity index (χ0n) is 18.3. The fourth-order valence-electron chi connectivity index (χ4n) is 4.32. The van der Waals surface area contributed by atoms with Crippen LogP contribution in [0.15, 0.2) is 53.8 Å². The summed E-state index contributed by atoms with van der Waals surface area (Å²) in [6.45, 7) is 3.67. The van der Waals surface area contributed by atoms with Gasteiger partial charge in [0.05, 0.1) is 17.9 Å². The first-order chi connectivity index (χ1) is 16.6. The lowest BCUT2D eigenvalue weighted by molar-refractivity contribution is 0.125. The predicted molar refractivity (Wildman–Crippen MR) is 124 cm³/mol. The number of hydrogen-bond acceptors (Lipinski definition) is 6. The number of imidazole rings is 1. The highest BCUT2D eigenvalue weighted by atomic mass is 35.5. The summed E-state index contributed by atoms with van der Waals surface area (Å²) in [5, 5.41) is 9.43. The number of aromatic nitrogens is 5. The first-order valence-corrected chi connectivity index (χ1v) is 11.3. The van der Waals surface area contributed by atoms with Crippen molar-refractivity contribution in [1.29, 1.82) is 0 Å². The molecule has 0 amide bonds. The van der Waals surface area contributed by atoms with E-state index in [4.69, 9.17) is 26.1 Å². The molecule has 1 unspecified atom stereocenters. The third kappa shape index (κ3) is 3.48. The quantitative estimate of drug-likeness (QED) is 0.375. The number of rotatable bonds is 5. The first kappa shape index (κ1) is 21.0. The van der Waals surface area contributed by atoms with Crippen LogP contribution in [0.4, 0.5) is 4.39 Å². The average molecular weight is 479 g/mol. The van der Waals surface area contributed by atoms with Gasteiger partial charge in [-0.15, -0.1) is 10.2 Å². The summed E-state index contributed by atoms with van der Waals surface area (Å²) in [6.07, 6.45) is 1.76. The summed E-state index contributed by atoms with van der Waals surface area (Å²) in [5.41, 5.74) is 4.17. The molecule has 0 bridgehead atoms. The summed E-state index contributed by atoms with van der Waals surface area (Å²) in [5.74, 6) is 1.60. The number of fused-ring (bicyclic) bond motifs is 5. The zero-order chi connectivity index (χ0) is 23.2. The Bertz CT molecular complexity index is 1410. The van der Waals surface area contributed by atoms with Crippen LogP contribution >= 0.6 is 11.6 Å². The van der Waals surface area contributed by atoms with Crippen LogP contribution in [0.5, 0.6) is 0 Å². The Morgan fingerprint density at radius 3 is 2.85 bits per heavy atom. The van der Waals surface area contributed by atoms with Crippen molar-refractivity contribution in [2.45, 2.75) is 26.1 Å². The van der Waals surface area contributed by atoms with Gasteiger partial charge in [-0.3, -0.25) is 4.57 Å². The molecular formula is C24H20ClFN6O2. The molecule has 2 aliphatic rings. The number of ether oxygens (including phenoxy) is 2. The topological polar surface area (TPSA) is 79.3 Å². The minimum Gasteiger partial charge on any atom is -0.474 e. The van der Waals surface area contributed by atoms with Crippen molar-refractivity contribution in [2.24, 2.45) is 4.99 Å². The molecule has 2 aromatic heterocycles. The molecule has 0 saturated carbocycles. The maximum Gasteiger partial charge on any atom is 0.238 e. The standard InChI is InChI=1S/C24H20ClFN6O2/c1-2-33-12-21-29-30-23-17-9-15(25)5-8-19(17)32-13-27-22(20(32)10-31(21)23)24-28-18(11-34-24)14-3-6-16(26)7-4-14/h3-9,13,18H,2,10-12H2,1H3. The van der Waals surface area contributed by atoms with Gasteiger partial charge >= 0.3 is 0 Å². The molecule has 1 atom stereocenters. The van der Waals surface area contributed by atoms with Gasteiger partial charge in [0, 0.05) is 17.2 Å². The van der Waals surface area contributed by atoms with Gasteiger partial charge in [-0.2, -0.15) is 0 Å². The fourth-order valence-corrected chi connectivity index (χ4v) is 4.49. The van der Waals surface area contributed by atoms with E-state index in [2.05, 4.69) is 15.2 Å². The Labute approximate surface area is 199 Å². The van der Waals surface area contributed by atoms with Gasteiger partial charge in [-0.05, 0) is 42.8 Å². The smallest absolute Gasteiger partial charge is 0.238 e. The lowest BCUT2D eigenvalue weighted by Gasteiger charge is -2.09. The van der Waals surface area contributed by atoms with E-state index in [1.54, 1.807) is 18.5 Å². The largest absolute Gasteiger partial charge is 0.474 e. The van der Waals surface area contributed by atoms with Gasteiger partial charge in [0.2, 0.25) is 5.90 Å². The summed E-state index contributed by atoms with van der Waals surface area (Å²) in [4.78, 5) is 9.43. The minimum atomic E-state index is -0.280. The highest BCUT2D eigenvalue weighted by molar-refractivity contribution is 6.31. The molecule has 0 fully saturated rings. The van der Waals surface area contributed by atoms with Crippen LogP contribution in [0.1, 0.15) is 35.7 Å². The van der Waals surface area contributed by atoms with E-state index < -0.39 is 0 Å². The molecule has 0 saturated heterocycles. The molecule has 4 aromatic rings. The molecule has 2 aromatic carbocycles. The molecule has 0 radical (unpaired) electrons. The average Bonchev–Trinajstić information content (AvgIpc) is 3.56. The molecule has 0 N–H and O–H groups in total. The summed E-state index contributed by atoms with van der Waals surface area (Å²) >= 11 is 6.34. The number of hydrogen-bond donors (Lipinski definition) is 0. The second kappa shape index (κ2) is 8.34. The number of benzene rings is 2. The molecule has 10 heteroatoms. The normalized spacial score (nSPS) is 16.3. The van der Waals surface area contributed by atoms with Crippen molar-refractivity contribution in [2.75, 3.05) is 13.2 Å². The lowest BCUT2D eigenvalue weighted by Crippen LogP contribution is -2.13. The molecule has 4 heterocycles. The highest BCUT2D eigenvalue weighted by Gasteiger charge is 2.31. The second-order valence-corrected chi connectivity index (χ2v) is 8.48. The van der Waals surface area contributed by atoms with E-state index in [9.17, 15) is 4.39 Å². The van der Waals surface area contributed by atoms with Crippen LogP contribution in [0, 0.1) is 5.82 Å². The number of halogens is 2. The number of aliphatic imine (C=N–C) groups is 1. The van der Waals surface area contributed by atoms with E-state index in [1.165, 1.54) is 12.1 Å². The van der Waals surface area contributed by atoms with E-state index in [1.807, 2.05) is 34.3 Å². The van der Waals surface area contributed by atoms with Crippen LogP contribution in [-0.4, -0.2) is 43.4 Å². The van der Waals surface area contributed by atoms with E-state index in [0.717, 1.165) is 22.5 Å². The van der Waals surface area contributed by atoms with Crippen molar-refractivity contribution in [3.8, 4) is 17.1 Å². The monoisotopic (exact) mass is 478 g/mol. The maximum atomic E-state index is 13.3. The van der Waals surface area contributed by atoms with E-state index >= 15 is 0 Å². The van der Waals surface area contributed by atoms with Crippen LogP contribution in [0.2, 0.25) is 5.02 Å². The highest BCUT2D eigenvalue weighted by Crippen LogP contribution is 2.35. The van der Waals surface area contributed by atoms with Gasteiger partial charge in [0.1, 0.15) is 37.1 Å². The van der Waals surface area contributed by atoms with Gasteiger partial charge in [-0.1, -0.05) is 23.7 Å². The Morgan fingerprint density at radius 1 is 1.18 bits per heavy atom. The molecule has 0 aliphatic carbocycles. The maximum absolute atomic E-state index is 13.3. The molecule has 0 spiro atoms. The van der Waals surface area contributed by atoms with E-state index in [0.29, 0.717) is 54.6 Å². The molecule has 2 aliphatic heterocycles. The third-order valence-electron chi connectivity index (χ3n) is 6.00. The first-order valence-electron chi connectivity index (χ1n) is 10.9. The molecular weight excluding hydrogens is 459 g/mol. The SMILES string of the molecule is CCOCc1nnc2n1Cc1c(C3=NC(c4ccc(F)cc4)CO3)ncn1-c1ccc(Cl)cc1-2. The van der Waals surface area contributed by atoms with Gasteiger partial charge in [0.25, 0.3) is 0 Å². The summed E-state index contributed by atoms with van der Waals surface area (Å²) < 4.78 is 29.0. The Morgan fingerprint density at radius 2 is 2.03 bits per heavy atom. The lowest BCUT2D eigenvalue weighted by atomic mass is 10.1. The Balaban J connectivity index is 1.46. The van der Waals surface area contributed by atoms with Crippen LogP contribution in [-0.2, 0) is 22.6 Å². The predicted octanol–water partition coefficient (Wildman–Crippen LogP) is 4.34. The fraction of sp³-hybridized carbons (Fsp3) is 0.250. The van der Waals surface area contributed by atoms with E-state index in [-0.39, 0.29) is 11.9 Å². The summed E-state index contributed by atoms with van der Waals surface area (Å²) in [7, 11) is 0. The molecule has 34 heavy (non-hydrogen) atoms. The van der Waals surface area contributed by atoms with Crippen LogP contribution in [0.3, 0.4) is 0 Å². The van der Waals surface area contributed by atoms with Crippen molar-refractivity contribution in [1.82, 2.24) is 24.3 Å². The van der Waals surface area contributed by atoms with Crippen molar-refractivity contribution in [3.05, 3.63) is 82.4 Å². The summed E-state index contributed by atoms with van der Waals surface area (Å²) in [6, 6.07) is 11.8. The van der Waals surface area contributed by atoms with Crippen molar-refractivity contribution >= 4 is 17.5 Å². The third-order valence-corrected chi connectivity index (χ3v) is 6.24. The minimum absolute atomic E-state index is 0.219. The molecule has 6 rings (SSSR count). The van der Waals surface area contributed by atoms with Crippen molar-refractivity contribution < 1.29 is 13.9 Å². The number of nitrogens with zero attached hydrogens (tertiary/aromatic N) is 6. The van der Waals surface area contributed by atoms with Crippen LogP contribution in [0.25, 0.3) is 17.1 Å². The zero-order valence-corrected chi connectivity index (χ0v) is 19.0. The molecule has 172 valence electrons. The Kier molecular flexibility index (Phi) is 5.15. The van der Waals surface area contributed by atoms with Gasteiger partial charge < -0.3 is 14.0 Å². The van der Waals surface area contributed by atoms with Gasteiger partial charge in [-0.25, -0.2) is 14.4 Å². The van der Waals surface area contributed by atoms with Crippen molar-refractivity contribution in [3.63, 3.8) is 0 Å².